The maximum Gasteiger partial charge on any atom is 0.265 e. The van der Waals surface area contributed by atoms with Crippen LogP contribution in [0.3, 0.4) is 0 Å². The Bertz CT molecular complexity index is 466. The van der Waals surface area contributed by atoms with Gasteiger partial charge in [0.05, 0.1) is 4.47 Å². The lowest BCUT2D eigenvalue weighted by molar-refractivity contribution is -0.123. The average molecular weight is 301 g/mol. The molecule has 0 fully saturated rings. The van der Waals surface area contributed by atoms with Gasteiger partial charge in [-0.15, -0.1) is 0 Å². The summed E-state index contributed by atoms with van der Waals surface area (Å²) in [5, 5.41) is 2.89. The van der Waals surface area contributed by atoms with Gasteiger partial charge in [0.15, 0.2) is 0 Å². The van der Waals surface area contributed by atoms with Gasteiger partial charge in [-0.1, -0.05) is 6.92 Å². The maximum absolute atomic E-state index is 11.8. The predicted octanol–water partition coefficient (Wildman–Crippen LogP) is 1.92. The van der Waals surface area contributed by atoms with Crippen molar-refractivity contribution >= 4 is 21.8 Å². The van der Waals surface area contributed by atoms with Gasteiger partial charge in [0.25, 0.3) is 5.56 Å². The number of carbonyl (C=O) groups is 1. The summed E-state index contributed by atoms with van der Waals surface area (Å²) in [6.07, 6.45) is 2.44. The monoisotopic (exact) mass is 300 g/mol. The molecule has 0 aliphatic rings. The lowest BCUT2D eigenvalue weighted by Crippen LogP contribution is -2.45. The number of hydrogen-bond acceptors (Lipinski definition) is 2. The van der Waals surface area contributed by atoms with Gasteiger partial charge in [-0.2, -0.15) is 0 Å². The summed E-state index contributed by atoms with van der Waals surface area (Å²) in [6.45, 7) is 5.95. The highest BCUT2D eigenvalue weighted by Crippen LogP contribution is 2.06. The molecular formula is C12H17BrN2O2. The van der Waals surface area contributed by atoms with E-state index >= 15 is 0 Å². The van der Waals surface area contributed by atoms with Crippen LogP contribution in [0.5, 0.6) is 0 Å². The third-order valence-corrected chi connectivity index (χ3v) is 3.25. The van der Waals surface area contributed by atoms with Crippen LogP contribution in [0.4, 0.5) is 0 Å². The Morgan fingerprint density at radius 3 is 2.76 bits per heavy atom. The van der Waals surface area contributed by atoms with Gasteiger partial charge >= 0.3 is 0 Å². The third-order valence-electron chi connectivity index (χ3n) is 2.65. The second kappa shape index (κ2) is 5.49. The molecule has 1 aromatic heterocycles. The van der Waals surface area contributed by atoms with Crippen LogP contribution in [0.1, 0.15) is 27.2 Å². The maximum atomic E-state index is 11.8. The SMILES string of the molecule is CCC(C)(C)NC(=O)Cn1cccc(Br)c1=O. The molecule has 1 amide bonds. The summed E-state index contributed by atoms with van der Waals surface area (Å²) in [5.74, 6) is -0.156. The van der Waals surface area contributed by atoms with E-state index < -0.39 is 0 Å². The van der Waals surface area contributed by atoms with Crippen LogP contribution in [0, 0.1) is 0 Å². The fourth-order valence-electron chi connectivity index (χ4n) is 1.29. The molecule has 17 heavy (non-hydrogen) atoms. The van der Waals surface area contributed by atoms with Crippen LogP contribution >= 0.6 is 15.9 Å². The van der Waals surface area contributed by atoms with Crippen molar-refractivity contribution in [2.24, 2.45) is 0 Å². The van der Waals surface area contributed by atoms with Crippen molar-refractivity contribution in [1.29, 1.82) is 0 Å². The van der Waals surface area contributed by atoms with E-state index in [-0.39, 0.29) is 23.6 Å². The molecule has 0 bridgehead atoms. The van der Waals surface area contributed by atoms with E-state index in [2.05, 4.69) is 21.2 Å². The predicted molar refractivity (Wildman–Crippen MR) is 70.9 cm³/mol. The normalized spacial score (nSPS) is 11.3. The molecule has 0 spiro atoms. The molecule has 1 aromatic rings. The number of amides is 1. The Balaban J connectivity index is 2.76. The van der Waals surface area contributed by atoms with E-state index in [1.807, 2.05) is 20.8 Å². The fraction of sp³-hybridized carbons (Fsp3) is 0.500. The minimum absolute atomic E-state index is 0.0434. The average Bonchev–Trinajstić information content (AvgIpc) is 2.24. The number of carbonyl (C=O) groups excluding carboxylic acids is 1. The molecule has 0 aliphatic carbocycles. The summed E-state index contributed by atoms with van der Waals surface area (Å²) in [4.78, 5) is 23.4. The number of halogens is 1. The minimum Gasteiger partial charge on any atom is -0.350 e. The zero-order valence-electron chi connectivity index (χ0n) is 10.3. The van der Waals surface area contributed by atoms with Crippen molar-refractivity contribution in [3.8, 4) is 0 Å². The fourth-order valence-corrected chi connectivity index (χ4v) is 1.67. The third kappa shape index (κ3) is 4.00. The van der Waals surface area contributed by atoms with Gasteiger partial charge in [0, 0.05) is 11.7 Å². The Hall–Kier alpha value is -1.10. The number of aromatic nitrogens is 1. The Kier molecular flexibility index (Phi) is 4.51. The molecule has 0 unspecified atom stereocenters. The van der Waals surface area contributed by atoms with Crippen molar-refractivity contribution in [3.05, 3.63) is 33.2 Å². The molecular weight excluding hydrogens is 284 g/mol. The second-order valence-corrected chi connectivity index (χ2v) is 5.43. The first kappa shape index (κ1) is 14.0. The van der Waals surface area contributed by atoms with Crippen LogP contribution in [-0.2, 0) is 11.3 Å². The van der Waals surface area contributed by atoms with Crippen LogP contribution in [-0.4, -0.2) is 16.0 Å². The molecule has 1 N–H and O–H groups in total. The number of hydrogen-bond donors (Lipinski definition) is 1. The first-order valence-corrected chi connectivity index (χ1v) is 6.31. The molecule has 0 radical (unpaired) electrons. The van der Waals surface area contributed by atoms with Crippen molar-refractivity contribution in [2.45, 2.75) is 39.3 Å². The highest BCUT2D eigenvalue weighted by atomic mass is 79.9. The lowest BCUT2D eigenvalue weighted by Gasteiger charge is -2.24. The zero-order valence-corrected chi connectivity index (χ0v) is 11.9. The zero-order chi connectivity index (χ0) is 13.1. The van der Waals surface area contributed by atoms with Crippen LogP contribution in [0.2, 0.25) is 0 Å². The Morgan fingerprint density at radius 1 is 1.53 bits per heavy atom. The van der Waals surface area contributed by atoms with E-state index in [0.29, 0.717) is 4.47 Å². The van der Waals surface area contributed by atoms with Crippen molar-refractivity contribution in [1.82, 2.24) is 9.88 Å². The van der Waals surface area contributed by atoms with Crippen LogP contribution in [0.15, 0.2) is 27.6 Å². The van der Waals surface area contributed by atoms with Gasteiger partial charge < -0.3 is 9.88 Å². The Labute approximate surface area is 109 Å². The summed E-state index contributed by atoms with van der Waals surface area (Å²) in [7, 11) is 0. The molecule has 1 heterocycles. The number of nitrogens with one attached hydrogen (secondary N) is 1. The number of nitrogens with zero attached hydrogens (tertiary/aromatic N) is 1. The first-order valence-electron chi connectivity index (χ1n) is 5.51. The smallest absolute Gasteiger partial charge is 0.265 e. The molecule has 0 aliphatic heterocycles. The van der Waals surface area contributed by atoms with Gasteiger partial charge in [0.1, 0.15) is 6.54 Å². The van der Waals surface area contributed by atoms with E-state index in [0.717, 1.165) is 6.42 Å². The second-order valence-electron chi connectivity index (χ2n) is 4.57. The summed E-state index contributed by atoms with van der Waals surface area (Å²) in [6, 6.07) is 3.39. The van der Waals surface area contributed by atoms with Gasteiger partial charge in [-0.05, 0) is 48.3 Å². The topological polar surface area (TPSA) is 51.1 Å². The molecule has 0 saturated carbocycles. The summed E-state index contributed by atoms with van der Waals surface area (Å²) >= 11 is 3.15. The molecule has 0 atom stereocenters. The van der Waals surface area contributed by atoms with Crippen LogP contribution < -0.4 is 10.9 Å². The Morgan fingerprint density at radius 2 is 2.18 bits per heavy atom. The molecule has 0 saturated heterocycles. The molecule has 4 nitrogen and oxygen atoms in total. The highest BCUT2D eigenvalue weighted by molar-refractivity contribution is 9.10. The van der Waals surface area contributed by atoms with Crippen LogP contribution in [0.25, 0.3) is 0 Å². The van der Waals surface area contributed by atoms with Gasteiger partial charge in [0.2, 0.25) is 5.91 Å². The summed E-state index contributed by atoms with van der Waals surface area (Å²) < 4.78 is 1.84. The van der Waals surface area contributed by atoms with E-state index in [1.165, 1.54) is 4.57 Å². The minimum atomic E-state index is -0.243. The molecule has 94 valence electrons. The standard InChI is InChI=1S/C12H17BrN2O2/c1-4-12(2,3)14-10(16)8-15-7-5-6-9(13)11(15)17/h5-7H,4,8H2,1-3H3,(H,14,16). The number of pyridine rings is 1. The molecule has 1 rings (SSSR count). The number of rotatable bonds is 4. The molecule has 0 aromatic carbocycles. The van der Waals surface area contributed by atoms with E-state index in [4.69, 9.17) is 0 Å². The first-order chi connectivity index (χ1) is 7.85. The van der Waals surface area contributed by atoms with E-state index in [9.17, 15) is 9.59 Å². The van der Waals surface area contributed by atoms with E-state index in [1.54, 1.807) is 18.3 Å². The van der Waals surface area contributed by atoms with Crippen molar-refractivity contribution < 1.29 is 4.79 Å². The highest BCUT2D eigenvalue weighted by Gasteiger charge is 2.18. The lowest BCUT2D eigenvalue weighted by atomic mass is 10.0. The van der Waals surface area contributed by atoms with Gasteiger partial charge in [-0.25, -0.2) is 0 Å². The van der Waals surface area contributed by atoms with Gasteiger partial charge in [-0.3, -0.25) is 9.59 Å². The largest absolute Gasteiger partial charge is 0.350 e. The quantitative estimate of drug-likeness (QED) is 0.923. The van der Waals surface area contributed by atoms with Crippen molar-refractivity contribution in [3.63, 3.8) is 0 Å². The summed E-state index contributed by atoms with van der Waals surface area (Å²) in [5.41, 5.74) is -0.441. The van der Waals surface area contributed by atoms with Crippen molar-refractivity contribution in [2.75, 3.05) is 0 Å². The molecule has 5 heteroatoms.